The van der Waals surface area contributed by atoms with Gasteiger partial charge in [0, 0.05) is 29.9 Å². The van der Waals surface area contributed by atoms with Crippen LogP contribution in [0.15, 0.2) is 59.8 Å². The lowest BCUT2D eigenvalue weighted by atomic mass is 10.0. The Hall–Kier alpha value is -2.97. The van der Waals surface area contributed by atoms with Crippen LogP contribution in [0.2, 0.25) is 0 Å². The molecule has 0 saturated carbocycles. The first-order valence-electron chi connectivity index (χ1n) is 8.92. The third-order valence-electron chi connectivity index (χ3n) is 4.30. The first-order chi connectivity index (χ1) is 14.1. The number of nitrogens with one attached hydrogen (secondary N) is 1. The van der Waals surface area contributed by atoms with Gasteiger partial charge in [-0.25, -0.2) is 9.37 Å². The quantitative estimate of drug-likeness (QED) is 0.414. The number of rotatable bonds is 9. The first kappa shape index (κ1) is 20.8. The summed E-state index contributed by atoms with van der Waals surface area (Å²) in [4.78, 5) is 19.6. The van der Waals surface area contributed by atoms with E-state index in [1.54, 1.807) is 24.9 Å². The molecule has 0 fully saturated rings. The highest BCUT2D eigenvalue weighted by Gasteiger charge is 2.13. The molecule has 29 heavy (non-hydrogen) atoms. The second-order valence-corrected chi connectivity index (χ2v) is 7.27. The Morgan fingerprint density at radius 3 is 2.72 bits per heavy atom. The molecule has 1 atom stereocenters. The van der Waals surface area contributed by atoms with E-state index < -0.39 is 0 Å². The lowest BCUT2D eigenvalue weighted by Crippen LogP contribution is -2.29. The van der Waals surface area contributed by atoms with Gasteiger partial charge in [0.2, 0.25) is 6.41 Å². The number of nitrogens with zero attached hydrogens (tertiary/aromatic N) is 2. The number of benzene rings is 2. The van der Waals surface area contributed by atoms with Crippen LogP contribution in [0.1, 0.15) is 0 Å². The van der Waals surface area contributed by atoms with E-state index in [4.69, 9.17) is 10.5 Å². The van der Waals surface area contributed by atoms with Crippen molar-refractivity contribution in [1.29, 1.82) is 0 Å². The lowest BCUT2D eigenvalue weighted by molar-refractivity contribution is -0.110. The highest BCUT2D eigenvalue weighted by molar-refractivity contribution is 7.99. The van der Waals surface area contributed by atoms with Crippen LogP contribution in [0.5, 0.6) is 0 Å². The fraction of sp³-hybridized carbons (Fsp3) is 0.190. The van der Waals surface area contributed by atoms with Crippen molar-refractivity contribution in [3.8, 4) is 22.4 Å². The molecule has 8 heteroatoms. The number of hydrogen-bond donors (Lipinski definition) is 2. The van der Waals surface area contributed by atoms with E-state index in [9.17, 15) is 9.18 Å². The van der Waals surface area contributed by atoms with Gasteiger partial charge in [0.15, 0.2) is 0 Å². The molecule has 1 aromatic heterocycles. The lowest BCUT2D eigenvalue weighted by Gasteiger charge is -2.16. The second-order valence-electron chi connectivity index (χ2n) is 6.21. The van der Waals surface area contributed by atoms with Gasteiger partial charge in [-0.3, -0.25) is 9.78 Å². The Bertz CT molecular complexity index is 969. The van der Waals surface area contributed by atoms with Gasteiger partial charge in [-0.2, -0.15) is 0 Å². The average molecular weight is 412 g/mol. The number of carbonyl (C=O) groups excluding carboxylic acids is 1. The van der Waals surface area contributed by atoms with Crippen LogP contribution in [0.3, 0.4) is 0 Å². The third kappa shape index (κ3) is 5.30. The largest absolute Gasteiger partial charge is 0.382 e. The number of ether oxygens (including phenoxy) is 1. The van der Waals surface area contributed by atoms with Crippen molar-refractivity contribution in [2.45, 2.75) is 11.0 Å². The number of methoxy groups -OCH3 is 1. The predicted octanol–water partition coefficient (Wildman–Crippen LogP) is 3.39. The minimum absolute atomic E-state index is 0.124. The van der Waals surface area contributed by atoms with E-state index in [0.717, 1.165) is 16.0 Å². The smallest absolute Gasteiger partial charge is 0.207 e. The van der Waals surface area contributed by atoms with Crippen LogP contribution in [-0.4, -0.2) is 41.9 Å². The van der Waals surface area contributed by atoms with Crippen molar-refractivity contribution >= 4 is 24.0 Å². The number of hydrogen-bond acceptors (Lipinski definition) is 6. The zero-order valence-corrected chi connectivity index (χ0v) is 16.7. The van der Waals surface area contributed by atoms with Crippen molar-refractivity contribution < 1.29 is 13.9 Å². The molecule has 0 spiro atoms. The van der Waals surface area contributed by atoms with Crippen molar-refractivity contribution in [3.05, 3.63) is 60.7 Å². The Kier molecular flexibility index (Phi) is 7.15. The summed E-state index contributed by atoms with van der Waals surface area (Å²) in [6.45, 7) is 0.432. The van der Waals surface area contributed by atoms with Gasteiger partial charge >= 0.3 is 0 Å². The summed E-state index contributed by atoms with van der Waals surface area (Å²) in [6.07, 6.45) is 3.39. The zero-order valence-electron chi connectivity index (χ0n) is 15.8. The molecule has 1 unspecified atom stereocenters. The highest BCUT2D eigenvalue weighted by atomic mass is 32.2. The molecule has 0 bridgehead atoms. The molecule has 1 heterocycles. The molecule has 150 valence electrons. The first-order valence-corrected chi connectivity index (χ1v) is 9.90. The summed E-state index contributed by atoms with van der Waals surface area (Å²) >= 11 is 1.59. The summed E-state index contributed by atoms with van der Waals surface area (Å²) in [6, 6.07) is 12.8. The van der Waals surface area contributed by atoms with Gasteiger partial charge in [0.1, 0.15) is 11.6 Å². The highest BCUT2D eigenvalue weighted by Crippen LogP contribution is 2.34. The molecule has 0 aliphatic rings. The minimum atomic E-state index is -0.383. The monoisotopic (exact) mass is 412 g/mol. The van der Waals surface area contributed by atoms with Gasteiger partial charge in [-0.05, 0) is 29.3 Å². The Morgan fingerprint density at radius 2 is 2.03 bits per heavy atom. The van der Waals surface area contributed by atoms with Gasteiger partial charge < -0.3 is 15.8 Å². The van der Waals surface area contributed by atoms with Crippen LogP contribution < -0.4 is 11.1 Å². The van der Waals surface area contributed by atoms with E-state index in [2.05, 4.69) is 15.3 Å². The number of thioether (sulfide) groups is 1. The fourth-order valence-corrected chi connectivity index (χ4v) is 3.91. The fourth-order valence-electron chi connectivity index (χ4n) is 2.77. The average Bonchev–Trinajstić information content (AvgIpc) is 2.75. The van der Waals surface area contributed by atoms with Crippen LogP contribution in [0.25, 0.3) is 22.4 Å². The van der Waals surface area contributed by atoms with Crippen molar-refractivity contribution in [1.82, 2.24) is 15.3 Å². The molecule has 3 N–H and O–H groups in total. The molecule has 0 aliphatic carbocycles. The molecule has 6 nitrogen and oxygen atoms in total. The standard InChI is InChI=1S/C21H21FN4O2S/c1-28-15(9-24-13-27)12-29-20-5-3-2-4-16(20)14-6-7-17(18(22)8-14)19-10-26-21(23)11-25-19/h2-8,10-11,13,15H,9,12H2,1H3,(H2,23,26)(H,24,27). The van der Waals surface area contributed by atoms with E-state index in [1.165, 1.54) is 18.5 Å². The molecular formula is C21H21FN4O2S. The van der Waals surface area contributed by atoms with Gasteiger partial charge in [-0.15, -0.1) is 11.8 Å². The maximum atomic E-state index is 14.8. The van der Waals surface area contributed by atoms with Crippen LogP contribution in [0.4, 0.5) is 10.2 Å². The number of amides is 1. The van der Waals surface area contributed by atoms with E-state index in [-0.39, 0.29) is 17.7 Å². The van der Waals surface area contributed by atoms with Gasteiger partial charge in [0.25, 0.3) is 0 Å². The molecule has 3 rings (SSSR count). The van der Waals surface area contributed by atoms with E-state index in [1.807, 2.05) is 30.3 Å². The molecule has 3 aromatic rings. The summed E-state index contributed by atoms with van der Waals surface area (Å²) in [5, 5.41) is 2.63. The van der Waals surface area contributed by atoms with Gasteiger partial charge in [0.05, 0.1) is 24.2 Å². The Labute approximate surface area is 172 Å². The summed E-state index contributed by atoms with van der Waals surface area (Å²) in [5.74, 6) is 0.552. The Balaban J connectivity index is 1.83. The van der Waals surface area contributed by atoms with Gasteiger partial charge in [-0.1, -0.05) is 24.3 Å². The van der Waals surface area contributed by atoms with Crippen molar-refractivity contribution in [3.63, 3.8) is 0 Å². The summed E-state index contributed by atoms with van der Waals surface area (Å²) in [7, 11) is 1.61. The zero-order chi connectivity index (χ0) is 20.6. The molecule has 0 saturated heterocycles. The van der Waals surface area contributed by atoms with Crippen molar-refractivity contribution in [2.24, 2.45) is 0 Å². The molecule has 1 amide bonds. The second kappa shape index (κ2) is 9.99. The van der Waals surface area contributed by atoms with E-state index in [0.29, 0.717) is 30.0 Å². The molecular weight excluding hydrogens is 391 g/mol. The number of anilines is 1. The Morgan fingerprint density at radius 1 is 1.21 bits per heavy atom. The maximum absolute atomic E-state index is 14.8. The number of halogens is 1. The summed E-state index contributed by atoms with van der Waals surface area (Å²) < 4.78 is 20.2. The summed E-state index contributed by atoms with van der Waals surface area (Å²) in [5.41, 5.74) is 8.02. The third-order valence-corrected chi connectivity index (χ3v) is 5.51. The number of nitrogens with two attached hydrogens (primary N) is 1. The normalized spacial score (nSPS) is 11.8. The molecule has 0 radical (unpaired) electrons. The van der Waals surface area contributed by atoms with Crippen LogP contribution in [0, 0.1) is 5.82 Å². The topological polar surface area (TPSA) is 90.1 Å². The van der Waals surface area contributed by atoms with E-state index >= 15 is 0 Å². The SMILES string of the molecule is COC(CNC=O)CSc1ccccc1-c1ccc(-c2cnc(N)cn2)c(F)c1. The van der Waals surface area contributed by atoms with Crippen LogP contribution >= 0.6 is 11.8 Å². The number of carbonyl (C=O) groups is 1. The number of nitrogen functional groups attached to an aromatic ring is 1. The maximum Gasteiger partial charge on any atom is 0.207 e. The molecule has 0 aliphatic heterocycles. The minimum Gasteiger partial charge on any atom is -0.382 e. The van der Waals surface area contributed by atoms with Crippen LogP contribution in [-0.2, 0) is 9.53 Å². The predicted molar refractivity (Wildman–Crippen MR) is 113 cm³/mol. The number of aromatic nitrogens is 2. The molecule has 2 aromatic carbocycles. The van der Waals surface area contributed by atoms with Crippen molar-refractivity contribution in [2.75, 3.05) is 25.1 Å².